The molecule has 0 unspecified atom stereocenters. The lowest BCUT2D eigenvalue weighted by Gasteiger charge is -2.11. The number of aliphatic imine (C=N–C) groups is 1. The van der Waals surface area contributed by atoms with Gasteiger partial charge < -0.3 is 15.8 Å². The molecule has 6 nitrogen and oxygen atoms in total. The van der Waals surface area contributed by atoms with Crippen LogP contribution in [-0.4, -0.2) is 23.3 Å². The van der Waals surface area contributed by atoms with Gasteiger partial charge in [0.25, 0.3) is 0 Å². The standard InChI is InChI=1S/C19H19N5O/c1-25-18-16(21-13-12-14-8-4-2-5-9-14)17(23-19(20)24-18)22-15-10-6-3-7-11-15/h2-11,13H,12H2,1H3,(H3,20,22,23,24). The number of nitrogen functional groups attached to an aromatic ring is 1. The Kier molecular flexibility index (Phi) is 5.21. The third kappa shape index (κ3) is 4.32. The molecule has 126 valence electrons. The molecular weight excluding hydrogens is 314 g/mol. The number of hydrogen-bond donors (Lipinski definition) is 2. The van der Waals surface area contributed by atoms with Gasteiger partial charge in [-0.1, -0.05) is 48.5 Å². The van der Waals surface area contributed by atoms with Gasteiger partial charge >= 0.3 is 0 Å². The first-order valence-electron chi connectivity index (χ1n) is 7.86. The number of aromatic nitrogens is 2. The second-order valence-electron chi connectivity index (χ2n) is 5.28. The fraction of sp³-hybridized carbons (Fsp3) is 0.105. The molecule has 0 saturated heterocycles. The van der Waals surface area contributed by atoms with E-state index >= 15 is 0 Å². The van der Waals surface area contributed by atoms with Crippen molar-refractivity contribution in [2.24, 2.45) is 4.99 Å². The van der Waals surface area contributed by atoms with E-state index in [-0.39, 0.29) is 5.95 Å². The summed E-state index contributed by atoms with van der Waals surface area (Å²) in [6, 6.07) is 19.8. The SMILES string of the molecule is COc1nc(N)nc(Nc2ccccc2)c1N=CCc1ccccc1. The van der Waals surface area contributed by atoms with Crippen LogP contribution in [0.25, 0.3) is 0 Å². The van der Waals surface area contributed by atoms with Crippen LogP contribution in [0.2, 0.25) is 0 Å². The number of benzene rings is 2. The van der Waals surface area contributed by atoms with E-state index in [1.807, 2.05) is 66.9 Å². The van der Waals surface area contributed by atoms with Gasteiger partial charge in [0.2, 0.25) is 11.8 Å². The highest BCUT2D eigenvalue weighted by Crippen LogP contribution is 2.34. The Morgan fingerprint density at radius 2 is 1.72 bits per heavy atom. The second-order valence-corrected chi connectivity index (χ2v) is 5.28. The molecule has 0 aliphatic heterocycles. The van der Waals surface area contributed by atoms with E-state index in [1.165, 1.54) is 12.7 Å². The first-order valence-corrected chi connectivity index (χ1v) is 7.86. The molecule has 0 saturated carbocycles. The molecule has 0 fully saturated rings. The van der Waals surface area contributed by atoms with Crippen molar-refractivity contribution < 1.29 is 4.74 Å². The van der Waals surface area contributed by atoms with Gasteiger partial charge in [-0.05, 0) is 17.7 Å². The van der Waals surface area contributed by atoms with Crippen LogP contribution >= 0.6 is 0 Å². The van der Waals surface area contributed by atoms with Gasteiger partial charge in [-0.3, -0.25) is 4.99 Å². The lowest BCUT2D eigenvalue weighted by atomic mass is 10.2. The van der Waals surface area contributed by atoms with Crippen molar-refractivity contribution in [1.82, 2.24) is 9.97 Å². The zero-order valence-electron chi connectivity index (χ0n) is 13.9. The number of nitrogens with zero attached hydrogens (tertiary/aromatic N) is 3. The first kappa shape index (κ1) is 16.4. The summed E-state index contributed by atoms with van der Waals surface area (Å²) in [5.74, 6) is 0.951. The molecule has 2 aromatic carbocycles. The minimum atomic E-state index is 0.122. The van der Waals surface area contributed by atoms with Gasteiger partial charge in [0.15, 0.2) is 11.5 Å². The maximum Gasteiger partial charge on any atom is 0.246 e. The van der Waals surface area contributed by atoms with Crippen LogP contribution < -0.4 is 15.8 Å². The van der Waals surface area contributed by atoms with Gasteiger partial charge in [0, 0.05) is 18.3 Å². The molecule has 3 rings (SSSR count). The summed E-state index contributed by atoms with van der Waals surface area (Å²) in [6.07, 6.45) is 2.50. The Bertz CT molecular complexity index is 850. The van der Waals surface area contributed by atoms with Gasteiger partial charge in [-0.25, -0.2) is 0 Å². The zero-order valence-corrected chi connectivity index (χ0v) is 13.9. The van der Waals surface area contributed by atoms with E-state index in [0.29, 0.717) is 23.8 Å². The Morgan fingerprint density at radius 1 is 1.04 bits per heavy atom. The summed E-state index contributed by atoms with van der Waals surface area (Å²) in [6.45, 7) is 0. The molecule has 0 bridgehead atoms. The molecule has 6 heteroatoms. The van der Waals surface area contributed by atoms with Crippen molar-refractivity contribution in [3.63, 3.8) is 0 Å². The van der Waals surface area contributed by atoms with E-state index in [2.05, 4.69) is 20.3 Å². The molecule has 0 atom stereocenters. The van der Waals surface area contributed by atoms with Crippen molar-refractivity contribution in [3.05, 3.63) is 66.2 Å². The molecule has 3 N–H and O–H groups in total. The molecule has 0 aliphatic carbocycles. The predicted octanol–water partition coefficient (Wildman–Crippen LogP) is 3.76. The quantitative estimate of drug-likeness (QED) is 0.671. The normalized spacial score (nSPS) is 10.8. The zero-order chi connectivity index (χ0) is 17.5. The molecule has 0 amide bonds. The largest absolute Gasteiger partial charge is 0.479 e. The molecule has 25 heavy (non-hydrogen) atoms. The predicted molar refractivity (Wildman–Crippen MR) is 101 cm³/mol. The molecule has 3 aromatic rings. The Morgan fingerprint density at radius 3 is 2.40 bits per heavy atom. The van der Waals surface area contributed by atoms with Crippen LogP contribution in [-0.2, 0) is 6.42 Å². The van der Waals surface area contributed by atoms with Crippen LogP contribution in [0.4, 0.5) is 23.1 Å². The smallest absolute Gasteiger partial charge is 0.246 e. The maximum atomic E-state index is 5.78. The summed E-state index contributed by atoms with van der Waals surface area (Å²) in [7, 11) is 1.53. The Balaban J connectivity index is 1.90. The highest BCUT2D eigenvalue weighted by Gasteiger charge is 2.13. The second kappa shape index (κ2) is 7.92. The third-order valence-electron chi connectivity index (χ3n) is 3.49. The fourth-order valence-electron chi connectivity index (χ4n) is 2.31. The van der Waals surface area contributed by atoms with Crippen LogP contribution in [0.1, 0.15) is 5.56 Å². The van der Waals surface area contributed by atoms with Crippen LogP contribution in [0, 0.1) is 0 Å². The number of ether oxygens (including phenoxy) is 1. The van der Waals surface area contributed by atoms with E-state index in [0.717, 1.165) is 5.69 Å². The minimum absolute atomic E-state index is 0.122. The number of anilines is 3. The lowest BCUT2D eigenvalue weighted by molar-refractivity contribution is 0.399. The molecule has 1 aromatic heterocycles. The highest BCUT2D eigenvalue weighted by molar-refractivity contribution is 5.78. The molecule has 0 aliphatic rings. The van der Waals surface area contributed by atoms with E-state index in [1.54, 1.807) is 0 Å². The van der Waals surface area contributed by atoms with Crippen molar-refractivity contribution in [3.8, 4) is 5.88 Å². The topological polar surface area (TPSA) is 85.4 Å². The van der Waals surface area contributed by atoms with E-state index < -0.39 is 0 Å². The monoisotopic (exact) mass is 333 g/mol. The summed E-state index contributed by atoms with van der Waals surface area (Å²) < 4.78 is 5.32. The summed E-state index contributed by atoms with van der Waals surface area (Å²) in [5.41, 5.74) is 8.34. The van der Waals surface area contributed by atoms with E-state index in [4.69, 9.17) is 10.5 Å². The fourth-order valence-corrected chi connectivity index (χ4v) is 2.31. The number of para-hydroxylation sites is 1. The number of methoxy groups -OCH3 is 1. The Hall–Kier alpha value is -3.41. The minimum Gasteiger partial charge on any atom is -0.479 e. The maximum absolute atomic E-state index is 5.78. The highest BCUT2D eigenvalue weighted by atomic mass is 16.5. The van der Waals surface area contributed by atoms with Crippen molar-refractivity contribution in [1.29, 1.82) is 0 Å². The van der Waals surface area contributed by atoms with Gasteiger partial charge in [0.05, 0.1) is 7.11 Å². The van der Waals surface area contributed by atoms with Crippen LogP contribution in [0.5, 0.6) is 5.88 Å². The van der Waals surface area contributed by atoms with E-state index in [9.17, 15) is 0 Å². The average molecular weight is 333 g/mol. The first-order chi connectivity index (χ1) is 12.3. The number of rotatable bonds is 6. The van der Waals surface area contributed by atoms with Crippen molar-refractivity contribution >= 4 is 29.4 Å². The number of hydrogen-bond acceptors (Lipinski definition) is 6. The molecule has 0 radical (unpaired) electrons. The lowest BCUT2D eigenvalue weighted by Crippen LogP contribution is -2.03. The third-order valence-corrected chi connectivity index (χ3v) is 3.49. The molecule has 1 heterocycles. The van der Waals surface area contributed by atoms with Crippen LogP contribution in [0.15, 0.2) is 65.7 Å². The summed E-state index contributed by atoms with van der Waals surface area (Å²) in [5, 5.41) is 3.21. The average Bonchev–Trinajstić information content (AvgIpc) is 2.65. The van der Waals surface area contributed by atoms with Gasteiger partial charge in [-0.15, -0.1) is 0 Å². The van der Waals surface area contributed by atoms with Crippen molar-refractivity contribution in [2.75, 3.05) is 18.2 Å². The van der Waals surface area contributed by atoms with Gasteiger partial charge in [-0.2, -0.15) is 9.97 Å². The van der Waals surface area contributed by atoms with Gasteiger partial charge in [0.1, 0.15) is 0 Å². The van der Waals surface area contributed by atoms with Crippen LogP contribution in [0.3, 0.4) is 0 Å². The Labute approximate surface area is 146 Å². The number of nitrogens with two attached hydrogens (primary N) is 1. The summed E-state index contributed by atoms with van der Waals surface area (Å²) >= 11 is 0. The molecule has 0 spiro atoms. The number of nitrogens with one attached hydrogen (secondary N) is 1. The summed E-state index contributed by atoms with van der Waals surface area (Å²) in [4.78, 5) is 12.9. The van der Waals surface area contributed by atoms with Crippen molar-refractivity contribution in [2.45, 2.75) is 6.42 Å². The molecular formula is C19H19N5O.